The van der Waals surface area contributed by atoms with Gasteiger partial charge in [-0.25, -0.2) is 4.79 Å². The van der Waals surface area contributed by atoms with Crippen molar-refractivity contribution in [1.29, 1.82) is 0 Å². The lowest BCUT2D eigenvalue weighted by Gasteiger charge is -2.06. The fourth-order valence-electron chi connectivity index (χ4n) is 1.75. The fourth-order valence-corrected chi connectivity index (χ4v) is 1.96. The first-order valence-electron chi connectivity index (χ1n) is 5.58. The SMILES string of the molecule is CC(C)c1ccc(-c2n[nH]c(Cl)c2C(=O)O)cc1. The molecule has 5 heteroatoms. The zero-order valence-electron chi connectivity index (χ0n) is 10.1. The standard InChI is InChI=1S/C13H13ClN2O2/c1-7(2)8-3-5-9(6-4-8)11-10(13(17)18)12(14)16-15-11/h3-7H,1-2H3,(H,15,16)(H,17,18). The van der Waals surface area contributed by atoms with E-state index in [-0.39, 0.29) is 10.7 Å². The number of nitrogens with one attached hydrogen (secondary N) is 1. The van der Waals surface area contributed by atoms with Gasteiger partial charge in [0.15, 0.2) is 0 Å². The van der Waals surface area contributed by atoms with Crippen molar-refractivity contribution in [3.8, 4) is 11.3 Å². The smallest absolute Gasteiger partial charge is 0.341 e. The van der Waals surface area contributed by atoms with Gasteiger partial charge in [-0.2, -0.15) is 5.10 Å². The molecule has 0 saturated heterocycles. The number of carbonyl (C=O) groups is 1. The molecule has 0 fully saturated rings. The Balaban J connectivity index is 2.46. The third-order valence-electron chi connectivity index (χ3n) is 2.79. The van der Waals surface area contributed by atoms with Crippen LogP contribution in [0.2, 0.25) is 5.15 Å². The minimum absolute atomic E-state index is 0.00830. The largest absolute Gasteiger partial charge is 0.478 e. The zero-order valence-corrected chi connectivity index (χ0v) is 10.8. The first kappa shape index (κ1) is 12.6. The quantitative estimate of drug-likeness (QED) is 0.891. The van der Waals surface area contributed by atoms with Crippen LogP contribution in [0, 0.1) is 0 Å². The topological polar surface area (TPSA) is 66.0 Å². The van der Waals surface area contributed by atoms with E-state index in [2.05, 4.69) is 24.0 Å². The number of aromatic amines is 1. The Bertz CT molecular complexity index is 573. The average Bonchev–Trinajstić information content (AvgIpc) is 2.71. The predicted octanol–water partition coefficient (Wildman–Crippen LogP) is 3.55. The van der Waals surface area contributed by atoms with Crippen LogP contribution in [-0.2, 0) is 0 Å². The van der Waals surface area contributed by atoms with Gasteiger partial charge in [0, 0.05) is 5.56 Å². The van der Waals surface area contributed by atoms with Crippen molar-refractivity contribution < 1.29 is 9.90 Å². The summed E-state index contributed by atoms with van der Waals surface area (Å²) in [6.45, 7) is 4.20. The summed E-state index contributed by atoms with van der Waals surface area (Å²) in [5.41, 5.74) is 2.30. The predicted molar refractivity (Wildman–Crippen MR) is 70.1 cm³/mol. The van der Waals surface area contributed by atoms with Gasteiger partial charge in [-0.05, 0) is 11.5 Å². The van der Waals surface area contributed by atoms with Gasteiger partial charge in [0.2, 0.25) is 0 Å². The van der Waals surface area contributed by atoms with Crippen molar-refractivity contribution in [2.24, 2.45) is 0 Å². The molecule has 0 amide bonds. The second-order valence-corrected chi connectivity index (χ2v) is 4.72. The van der Waals surface area contributed by atoms with Gasteiger partial charge >= 0.3 is 5.97 Å². The van der Waals surface area contributed by atoms with Crippen LogP contribution in [0.15, 0.2) is 24.3 Å². The molecule has 1 heterocycles. The highest BCUT2D eigenvalue weighted by Crippen LogP contribution is 2.27. The molecule has 94 valence electrons. The number of carboxylic acids is 1. The summed E-state index contributed by atoms with van der Waals surface area (Å²) in [5.74, 6) is -0.655. The first-order valence-corrected chi connectivity index (χ1v) is 5.96. The second kappa shape index (κ2) is 4.82. The third kappa shape index (κ3) is 2.24. The minimum Gasteiger partial charge on any atom is -0.478 e. The van der Waals surface area contributed by atoms with E-state index in [1.54, 1.807) is 0 Å². The van der Waals surface area contributed by atoms with Crippen LogP contribution in [-0.4, -0.2) is 21.3 Å². The van der Waals surface area contributed by atoms with Crippen molar-refractivity contribution in [2.45, 2.75) is 19.8 Å². The number of nitrogens with zero attached hydrogens (tertiary/aromatic N) is 1. The Hall–Kier alpha value is -1.81. The maximum Gasteiger partial charge on any atom is 0.341 e. The number of aromatic carboxylic acids is 1. The Morgan fingerprint density at radius 3 is 2.44 bits per heavy atom. The van der Waals surface area contributed by atoms with Gasteiger partial charge < -0.3 is 5.11 Å². The van der Waals surface area contributed by atoms with Crippen molar-refractivity contribution >= 4 is 17.6 Å². The summed E-state index contributed by atoms with van der Waals surface area (Å²) in [5, 5.41) is 15.6. The monoisotopic (exact) mass is 264 g/mol. The molecule has 0 unspecified atom stereocenters. The number of hydrogen-bond donors (Lipinski definition) is 2. The molecule has 0 spiro atoms. The van der Waals surface area contributed by atoms with Gasteiger partial charge in [-0.1, -0.05) is 49.7 Å². The van der Waals surface area contributed by atoms with E-state index in [9.17, 15) is 4.79 Å². The molecule has 0 saturated carbocycles. The summed E-state index contributed by atoms with van der Waals surface area (Å²) < 4.78 is 0. The molecule has 1 aromatic heterocycles. The molecule has 0 bridgehead atoms. The molecule has 0 aliphatic heterocycles. The zero-order chi connectivity index (χ0) is 13.3. The molecule has 18 heavy (non-hydrogen) atoms. The maximum absolute atomic E-state index is 11.1. The van der Waals surface area contributed by atoms with Gasteiger partial charge in [-0.15, -0.1) is 0 Å². The number of halogens is 1. The Morgan fingerprint density at radius 1 is 1.33 bits per heavy atom. The molecule has 1 aromatic carbocycles. The highest BCUT2D eigenvalue weighted by atomic mass is 35.5. The number of carboxylic acid groups (broad SMARTS) is 1. The van der Waals surface area contributed by atoms with E-state index < -0.39 is 5.97 Å². The Morgan fingerprint density at radius 2 is 1.94 bits per heavy atom. The molecule has 4 nitrogen and oxygen atoms in total. The molecule has 2 aromatic rings. The first-order chi connectivity index (χ1) is 8.50. The van der Waals surface area contributed by atoms with E-state index in [1.807, 2.05) is 24.3 Å². The van der Waals surface area contributed by atoms with Crippen LogP contribution < -0.4 is 0 Å². The highest BCUT2D eigenvalue weighted by Gasteiger charge is 2.19. The van der Waals surface area contributed by atoms with Gasteiger partial charge in [0.25, 0.3) is 0 Å². The average molecular weight is 265 g/mol. The van der Waals surface area contributed by atoms with Gasteiger partial charge in [0.05, 0.1) is 0 Å². The Kier molecular flexibility index (Phi) is 3.39. The van der Waals surface area contributed by atoms with Crippen LogP contribution in [0.25, 0.3) is 11.3 Å². The molecule has 0 aliphatic rings. The Labute approximate surface area is 110 Å². The lowest BCUT2D eigenvalue weighted by atomic mass is 10.00. The normalized spacial score (nSPS) is 10.9. The highest BCUT2D eigenvalue weighted by molar-refractivity contribution is 6.33. The van der Waals surface area contributed by atoms with Crippen molar-refractivity contribution in [3.05, 3.63) is 40.5 Å². The number of hydrogen-bond acceptors (Lipinski definition) is 2. The lowest BCUT2D eigenvalue weighted by Crippen LogP contribution is -1.98. The molecular weight excluding hydrogens is 252 g/mol. The molecular formula is C13H13ClN2O2. The minimum atomic E-state index is -1.09. The van der Waals surface area contributed by atoms with E-state index in [4.69, 9.17) is 16.7 Å². The van der Waals surface area contributed by atoms with Crippen LogP contribution in [0.3, 0.4) is 0 Å². The fraction of sp³-hybridized carbons (Fsp3) is 0.231. The van der Waals surface area contributed by atoms with Crippen LogP contribution in [0.5, 0.6) is 0 Å². The number of benzene rings is 1. The summed E-state index contributed by atoms with van der Waals surface area (Å²) in [6.07, 6.45) is 0. The van der Waals surface area contributed by atoms with Crippen LogP contribution in [0.1, 0.15) is 35.7 Å². The summed E-state index contributed by atoms with van der Waals surface area (Å²) in [6, 6.07) is 7.64. The van der Waals surface area contributed by atoms with Gasteiger partial charge in [-0.3, -0.25) is 5.10 Å². The van der Waals surface area contributed by atoms with Crippen molar-refractivity contribution in [3.63, 3.8) is 0 Å². The van der Waals surface area contributed by atoms with E-state index >= 15 is 0 Å². The maximum atomic E-state index is 11.1. The third-order valence-corrected chi connectivity index (χ3v) is 3.06. The summed E-state index contributed by atoms with van der Waals surface area (Å²) >= 11 is 5.77. The number of rotatable bonds is 3. The molecule has 0 radical (unpaired) electrons. The molecule has 0 aliphatic carbocycles. The van der Waals surface area contributed by atoms with E-state index in [1.165, 1.54) is 5.56 Å². The second-order valence-electron chi connectivity index (χ2n) is 4.34. The van der Waals surface area contributed by atoms with Crippen molar-refractivity contribution in [2.75, 3.05) is 0 Å². The molecule has 2 rings (SSSR count). The number of H-pyrrole nitrogens is 1. The lowest BCUT2D eigenvalue weighted by molar-refractivity contribution is 0.0698. The number of aromatic nitrogens is 2. The van der Waals surface area contributed by atoms with E-state index in [0.717, 1.165) is 5.56 Å². The summed E-state index contributed by atoms with van der Waals surface area (Å²) in [4.78, 5) is 11.1. The summed E-state index contributed by atoms with van der Waals surface area (Å²) in [7, 11) is 0. The van der Waals surface area contributed by atoms with Crippen LogP contribution in [0.4, 0.5) is 0 Å². The van der Waals surface area contributed by atoms with Crippen molar-refractivity contribution in [1.82, 2.24) is 10.2 Å². The molecule has 0 atom stereocenters. The van der Waals surface area contributed by atoms with Gasteiger partial charge in [0.1, 0.15) is 16.4 Å². The van der Waals surface area contributed by atoms with Crippen LogP contribution >= 0.6 is 11.6 Å². The molecule has 2 N–H and O–H groups in total. The van der Waals surface area contributed by atoms with E-state index in [0.29, 0.717) is 11.6 Å².